The fraction of sp³-hybridized carbons (Fsp3) is 0.222. The smallest absolute Gasteiger partial charge is 0.270 e. The van der Waals surface area contributed by atoms with Gasteiger partial charge in [0.05, 0.1) is 23.5 Å². The summed E-state index contributed by atoms with van der Waals surface area (Å²) < 4.78 is 11.2. The number of hydrogen-bond acceptors (Lipinski definition) is 5. The lowest BCUT2D eigenvalue weighted by Crippen LogP contribution is -2.27. The quantitative estimate of drug-likeness (QED) is 0.414. The second-order valence-electron chi connectivity index (χ2n) is 5.04. The van der Waals surface area contributed by atoms with Crippen LogP contribution in [0.3, 0.4) is 0 Å². The molecule has 0 spiro atoms. The molecule has 0 saturated carbocycles. The van der Waals surface area contributed by atoms with Crippen LogP contribution >= 0.6 is 24.0 Å². The Kier molecular flexibility index (Phi) is 6.23. The van der Waals surface area contributed by atoms with E-state index in [0.717, 1.165) is 6.42 Å². The van der Waals surface area contributed by atoms with Gasteiger partial charge in [0, 0.05) is 12.1 Å². The van der Waals surface area contributed by atoms with Crippen LogP contribution in [0.25, 0.3) is 0 Å². The van der Waals surface area contributed by atoms with Crippen molar-refractivity contribution in [1.29, 1.82) is 0 Å². The minimum atomic E-state index is -0.175. The van der Waals surface area contributed by atoms with Gasteiger partial charge in [0.2, 0.25) is 0 Å². The van der Waals surface area contributed by atoms with Crippen LogP contribution in [0.5, 0.6) is 5.75 Å². The van der Waals surface area contributed by atoms with Crippen molar-refractivity contribution in [2.45, 2.75) is 20.3 Å². The van der Waals surface area contributed by atoms with Crippen LogP contribution in [-0.4, -0.2) is 17.3 Å². The van der Waals surface area contributed by atoms with E-state index in [0.29, 0.717) is 32.2 Å². The third kappa shape index (κ3) is 4.27. The van der Waals surface area contributed by atoms with Crippen LogP contribution < -0.4 is 9.64 Å². The minimum absolute atomic E-state index is 0.175. The van der Waals surface area contributed by atoms with Gasteiger partial charge in [0.15, 0.2) is 4.32 Å². The Morgan fingerprint density at radius 1 is 1.46 bits per heavy atom. The molecule has 24 heavy (non-hydrogen) atoms. The first kappa shape index (κ1) is 18.3. The fourth-order valence-electron chi connectivity index (χ4n) is 2.10. The van der Waals surface area contributed by atoms with E-state index in [9.17, 15) is 4.79 Å². The maximum Gasteiger partial charge on any atom is 0.270 e. The minimum Gasteiger partial charge on any atom is -0.497 e. The number of carbonyl (C=O) groups excluding carboxylic acids is 1. The molecule has 2 rings (SSSR count). The van der Waals surface area contributed by atoms with Gasteiger partial charge in [0.1, 0.15) is 11.5 Å². The van der Waals surface area contributed by atoms with Crippen molar-refractivity contribution in [3.8, 4) is 5.75 Å². The maximum atomic E-state index is 12.7. The van der Waals surface area contributed by atoms with E-state index in [1.54, 1.807) is 26.2 Å². The second-order valence-corrected chi connectivity index (χ2v) is 6.71. The molecule has 0 N–H and O–H groups in total. The van der Waals surface area contributed by atoms with Crippen LogP contribution in [0.1, 0.15) is 20.3 Å². The first-order chi connectivity index (χ1) is 11.5. The third-order valence-corrected chi connectivity index (χ3v) is 4.38. The predicted molar refractivity (Wildman–Crippen MR) is 103 cm³/mol. The van der Waals surface area contributed by atoms with Gasteiger partial charge in [-0.15, -0.1) is 0 Å². The van der Waals surface area contributed by atoms with Gasteiger partial charge in [-0.25, -0.2) is 0 Å². The van der Waals surface area contributed by atoms with E-state index in [4.69, 9.17) is 21.7 Å². The average molecular weight is 361 g/mol. The van der Waals surface area contributed by atoms with Crippen LogP contribution in [0.15, 0.2) is 59.4 Å². The molecular formula is C18H19NO3S2. The van der Waals surface area contributed by atoms with E-state index < -0.39 is 0 Å². The molecule has 1 fully saturated rings. The number of ether oxygens (including phenoxy) is 2. The summed E-state index contributed by atoms with van der Waals surface area (Å²) in [5.41, 5.74) is 0.682. The van der Waals surface area contributed by atoms with Crippen LogP contribution in [-0.2, 0) is 9.53 Å². The van der Waals surface area contributed by atoms with E-state index >= 15 is 0 Å². The zero-order valence-corrected chi connectivity index (χ0v) is 15.5. The number of thiocarbonyl (C=S) groups is 1. The van der Waals surface area contributed by atoms with Gasteiger partial charge in [-0.05, 0) is 31.6 Å². The van der Waals surface area contributed by atoms with Gasteiger partial charge in [-0.2, -0.15) is 0 Å². The number of nitrogens with zero attached hydrogens (tertiary/aromatic N) is 1. The van der Waals surface area contributed by atoms with Gasteiger partial charge < -0.3 is 9.47 Å². The lowest BCUT2D eigenvalue weighted by Gasteiger charge is -2.15. The molecular weight excluding hydrogens is 342 g/mol. The predicted octanol–water partition coefficient (Wildman–Crippen LogP) is 4.79. The lowest BCUT2D eigenvalue weighted by atomic mass is 10.2. The van der Waals surface area contributed by atoms with Crippen molar-refractivity contribution >= 4 is 39.9 Å². The molecule has 126 valence electrons. The van der Waals surface area contributed by atoms with Crippen molar-refractivity contribution in [2.75, 3.05) is 12.0 Å². The third-order valence-electron chi connectivity index (χ3n) is 3.08. The van der Waals surface area contributed by atoms with Gasteiger partial charge in [-0.3, -0.25) is 9.69 Å². The normalized spacial score (nSPS) is 16.7. The summed E-state index contributed by atoms with van der Waals surface area (Å²) in [7, 11) is 1.58. The highest BCUT2D eigenvalue weighted by Crippen LogP contribution is 2.36. The largest absolute Gasteiger partial charge is 0.497 e. The Balaban J connectivity index is 2.32. The van der Waals surface area contributed by atoms with Gasteiger partial charge in [0.25, 0.3) is 5.91 Å². The molecule has 1 aliphatic rings. The molecule has 1 aromatic carbocycles. The van der Waals surface area contributed by atoms with E-state index in [-0.39, 0.29) is 5.91 Å². The monoisotopic (exact) mass is 361 g/mol. The van der Waals surface area contributed by atoms with Crippen molar-refractivity contribution in [3.63, 3.8) is 0 Å². The summed E-state index contributed by atoms with van der Waals surface area (Å²) in [6, 6.07) is 7.24. The van der Waals surface area contributed by atoms with E-state index in [1.165, 1.54) is 16.7 Å². The molecule has 1 aliphatic heterocycles. The Morgan fingerprint density at radius 2 is 2.21 bits per heavy atom. The zero-order chi connectivity index (χ0) is 17.7. The molecule has 1 saturated heterocycles. The number of methoxy groups -OCH3 is 1. The first-order valence-electron chi connectivity index (χ1n) is 7.41. The molecule has 0 atom stereocenters. The number of benzene rings is 1. The summed E-state index contributed by atoms with van der Waals surface area (Å²) >= 11 is 6.62. The SMILES string of the molecule is C=C(C)OC(=C\CC)/C=C1\SC(=S)N(c2cccc(OC)c2)C1=O. The first-order valence-corrected chi connectivity index (χ1v) is 8.64. The zero-order valence-electron chi connectivity index (χ0n) is 13.9. The Morgan fingerprint density at radius 3 is 2.83 bits per heavy atom. The van der Waals surface area contributed by atoms with Gasteiger partial charge >= 0.3 is 0 Å². The number of thioether (sulfide) groups is 1. The molecule has 0 aromatic heterocycles. The van der Waals surface area contributed by atoms with E-state index in [1.807, 2.05) is 31.2 Å². The molecule has 0 aliphatic carbocycles. The lowest BCUT2D eigenvalue weighted by molar-refractivity contribution is -0.113. The van der Waals surface area contributed by atoms with Crippen LogP contribution in [0.2, 0.25) is 0 Å². The molecule has 0 unspecified atom stereocenters. The highest BCUT2D eigenvalue weighted by Gasteiger charge is 2.33. The Hall–Kier alpha value is -2.05. The number of rotatable bonds is 6. The highest BCUT2D eigenvalue weighted by atomic mass is 32.2. The summed E-state index contributed by atoms with van der Waals surface area (Å²) in [6.45, 7) is 7.49. The van der Waals surface area contributed by atoms with Crippen LogP contribution in [0.4, 0.5) is 5.69 Å². The summed E-state index contributed by atoms with van der Waals surface area (Å²) in [4.78, 5) is 14.8. The molecule has 6 heteroatoms. The summed E-state index contributed by atoms with van der Waals surface area (Å²) in [6.07, 6.45) is 4.39. The topological polar surface area (TPSA) is 38.8 Å². The summed E-state index contributed by atoms with van der Waals surface area (Å²) in [5.74, 6) is 1.65. The van der Waals surface area contributed by atoms with Crippen molar-refractivity contribution in [3.05, 3.63) is 59.4 Å². The molecule has 0 radical (unpaired) electrons. The summed E-state index contributed by atoms with van der Waals surface area (Å²) in [5, 5.41) is 0. The van der Waals surface area contributed by atoms with Crippen molar-refractivity contribution in [2.24, 2.45) is 0 Å². The number of hydrogen-bond donors (Lipinski definition) is 0. The number of carbonyl (C=O) groups is 1. The Labute approximate surface area is 151 Å². The number of allylic oxidation sites excluding steroid dienone is 3. The molecule has 1 amide bonds. The van der Waals surface area contributed by atoms with Gasteiger partial charge in [-0.1, -0.05) is 43.5 Å². The molecule has 0 bridgehead atoms. The maximum absolute atomic E-state index is 12.7. The molecule has 1 heterocycles. The highest BCUT2D eigenvalue weighted by molar-refractivity contribution is 8.27. The Bertz CT molecular complexity index is 738. The van der Waals surface area contributed by atoms with E-state index in [2.05, 4.69) is 6.58 Å². The van der Waals surface area contributed by atoms with Crippen LogP contribution in [0, 0.1) is 0 Å². The standard InChI is InChI=1S/C18H19NO3S2/c1-5-7-15(22-12(2)3)11-16-17(20)19(18(23)24-16)13-8-6-9-14(10-13)21-4/h6-11H,2,5H2,1,3-4H3/b15-7-,16-11-. The molecule has 1 aromatic rings. The average Bonchev–Trinajstić information content (AvgIpc) is 2.81. The molecule has 4 nitrogen and oxygen atoms in total. The fourth-order valence-corrected chi connectivity index (χ4v) is 3.38. The van der Waals surface area contributed by atoms with Crippen molar-refractivity contribution < 1.29 is 14.3 Å². The van der Waals surface area contributed by atoms with Crippen molar-refractivity contribution in [1.82, 2.24) is 0 Å². The number of amides is 1. The second kappa shape index (κ2) is 8.17. The number of anilines is 1.